The van der Waals surface area contributed by atoms with Gasteiger partial charge in [0.1, 0.15) is 10.9 Å². The lowest BCUT2D eigenvalue weighted by molar-refractivity contribution is -0.129. The SMILES string of the molecule is O=C(CSc1nc(CN2CCOCC2)nc2ccccc12)N1CCc2ccccc2C1. The molecule has 0 spiro atoms. The average molecular weight is 435 g/mol. The van der Waals surface area contributed by atoms with E-state index in [-0.39, 0.29) is 5.91 Å². The van der Waals surface area contributed by atoms with Crippen LogP contribution >= 0.6 is 11.8 Å². The molecule has 0 unspecified atom stereocenters. The van der Waals surface area contributed by atoms with Crippen molar-refractivity contribution in [1.29, 1.82) is 0 Å². The van der Waals surface area contributed by atoms with E-state index in [0.29, 0.717) is 18.8 Å². The summed E-state index contributed by atoms with van der Waals surface area (Å²) < 4.78 is 5.45. The number of carbonyl (C=O) groups is 1. The van der Waals surface area contributed by atoms with Crippen molar-refractivity contribution in [2.24, 2.45) is 0 Å². The number of hydrogen-bond acceptors (Lipinski definition) is 6. The number of hydrogen-bond donors (Lipinski definition) is 0. The highest BCUT2D eigenvalue weighted by molar-refractivity contribution is 8.00. The molecule has 2 aromatic carbocycles. The minimum absolute atomic E-state index is 0.164. The fourth-order valence-corrected chi connectivity index (χ4v) is 5.10. The number of rotatable bonds is 5. The number of benzene rings is 2. The Morgan fingerprint density at radius 1 is 0.968 bits per heavy atom. The third-order valence-electron chi connectivity index (χ3n) is 5.90. The van der Waals surface area contributed by atoms with Gasteiger partial charge in [-0.05, 0) is 23.6 Å². The molecule has 0 aliphatic carbocycles. The maximum absolute atomic E-state index is 13.0. The van der Waals surface area contributed by atoms with E-state index in [9.17, 15) is 4.79 Å². The van der Waals surface area contributed by atoms with Gasteiger partial charge in [0.2, 0.25) is 5.91 Å². The second kappa shape index (κ2) is 9.34. The molecule has 0 bridgehead atoms. The Kier molecular flexibility index (Phi) is 6.15. The van der Waals surface area contributed by atoms with Crippen molar-refractivity contribution < 1.29 is 9.53 Å². The Morgan fingerprint density at radius 3 is 2.61 bits per heavy atom. The predicted octanol–water partition coefficient (Wildman–Crippen LogP) is 3.14. The Morgan fingerprint density at radius 2 is 1.74 bits per heavy atom. The molecule has 0 atom stereocenters. The van der Waals surface area contributed by atoms with Crippen LogP contribution in [0, 0.1) is 0 Å². The van der Waals surface area contributed by atoms with Crippen LogP contribution in [0.25, 0.3) is 10.9 Å². The molecule has 7 heteroatoms. The minimum atomic E-state index is 0.164. The van der Waals surface area contributed by atoms with Gasteiger partial charge in [0, 0.05) is 31.6 Å². The van der Waals surface area contributed by atoms with Crippen LogP contribution < -0.4 is 0 Å². The third-order valence-corrected chi connectivity index (χ3v) is 6.87. The van der Waals surface area contributed by atoms with Crippen molar-refractivity contribution in [2.45, 2.75) is 24.5 Å². The first-order valence-electron chi connectivity index (χ1n) is 10.8. The normalized spacial score (nSPS) is 17.0. The molecule has 1 aromatic heterocycles. The summed E-state index contributed by atoms with van der Waals surface area (Å²) in [6.07, 6.45) is 0.923. The van der Waals surface area contributed by atoms with E-state index < -0.39 is 0 Å². The average Bonchev–Trinajstić information content (AvgIpc) is 2.82. The van der Waals surface area contributed by atoms with Crippen molar-refractivity contribution >= 4 is 28.6 Å². The lowest BCUT2D eigenvalue weighted by Crippen LogP contribution is -2.37. The van der Waals surface area contributed by atoms with Crippen LogP contribution in [0.3, 0.4) is 0 Å². The van der Waals surface area contributed by atoms with Crippen molar-refractivity contribution in [3.8, 4) is 0 Å². The fraction of sp³-hybridized carbons (Fsp3) is 0.375. The van der Waals surface area contributed by atoms with Crippen LogP contribution in [0.2, 0.25) is 0 Å². The predicted molar refractivity (Wildman–Crippen MR) is 122 cm³/mol. The van der Waals surface area contributed by atoms with Gasteiger partial charge in [0.25, 0.3) is 0 Å². The highest BCUT2D eigenvalue weighted by atomic mass is 32.2. The van der Waals surface area contributed by atoms with Gasteiger partial charge in [0.15, 0.2) is 0 Å². The second-order valence-electron chi connectivity index (χ2n) is 7.97. The lowest BCUT2D eigenvalue weighted by atomic mass is 10.00. The summed E-state index contributed by atoms with van der Waals surface area (Å²) >= 11 is 1.52. The van der Waals surface area contributed by atoms with Crippen LogP contribution in [0.1, 0.15) is 17.0 Å². The zero-order valence-corrected chi connectivity index (χ0v) is 18.3. The Bertz CT molecular complexity index is 1080. The molecule has 1 saturated heterocycles. The van der Waals surface area contributed by atoms with Crippen molar-refractivity contribution in [1.82, 2.24) is 19.8 Å². The van der Waals surface area contributed by atoms with E-state index in [4.69, 9.17) is 14.7 Å². The van der Waals surface area contributed by atoms with E-state index in [1.165, 1.54) is 22.9 Å². The molecule has 1 fully saturated rings. The second-order valence-corrected chi connectivity index (χ2v) is 8.94. The Hall–Kier alpha value is -2.48. The van der Waals surface area contributed by atoms with Gasteiger partial charge in [-0.25, -0.2) is 9.97 Å². The van der Waals surface area contributed by atoms with E-state index >= 15 is 0 Å². The van der Waals surface area contributed by atoms with Gasteiger partial charge in [0.05, 0.1) is 31.0 Å². The van der Waals surface area contributed by atoms with Crippen LogP contribution in [0.15, 0.2) is 53.6 Å². The zero-order chi connectivity index (χ0) is 21.0. The summed E-state index contributed by atoms with van der Waals surface area (Å²) in [5.41, 5.74) is 3.55. The van der Waals surface area contributed by atoms with Crippen LogP contribution in [-0.2, 0) is 29.0 Å². The molecule has 2 aliphatic heterocycles. The van der Waals surface area contributed by atoms with E-state index in [1.54, 1.807) is 0 Å². The number of amides is 1. The first-order chi connectivity index (χ1) is 15.3. The number of thioether (sulfide) groups is 1. The summed E-state index contributed by atoms with van der Waals surface area (Å²) in [4.78, 5) is 26.9. The number of nitrogens with zero attached hydrogens (tertiary/aromatic N) is 4. The highest BCUT2D eigenvalue weighted by Gasteiger charge is 2.21. The van der Waals surface area contributed by atoms with Crippen molar-refractivity contribution in [3.63, 3.8) is 0 Å². The molecule has 5 rings (SSSR count). The van der Waals surface area contributed by atoms with E-state index in [0.717, 1.165) is 61.0 Å². The first kappa shape index (κ1) is 20.4. The molecular formula is C24H26N4O2S. The molecular weight excluding hydrogens is 408 g/mol. The molecule has 0 radical (unpaired) electrons. The van der Waals surface area contributed by atoms with Gasteiger partial charge < -0.3 is 9.64 Å². The molecule has 3 aromatic rings. The summed E-state index contributed by atoms with van der Waals surface area (Å²) in [6, 6.07) is 16.5. The lowest BCUT2D eigenvalue weighted by Gasteiger charge is -2.28. The van der Waals surface area contributed by atoms with E-state index in [2.05, 4.69) is 23.1 Å². The smallest absolute Gasteiger partial charge is 0.233 e. The van der Waals surface area contributed by atoms with Crippen molar-refractivity contribution in [3.05, 3.63) is 65.5 Å². The maximum Gasteiger partial charge on any atom is 0.233 e. The maximum atomic E-state index is 13.0. The zero-order valence-electron chi connectivity index (χ0n) is 17.5. The highest BCUT2D eigenvalue weighted by Crippen LogP contribution is 2.27. The topological polar surface area (TPSA) is 58.6 Å². The Labute approximate surface area is 186 Å². The number of fused-ring (bicyclic) bond motifs is 2. The summed E-state index contributed by atoms with van der Waals surface area (Å²) in [7, 11) is 0. The van der Waals surface area contributed by atoms with E-state index in [1.807, 2.05) is 35.2 Å². The first-order valence-corrected chi connectivity index (χ1v) is 11.8. The molecule has 6 nitrogen and oxygen atoms in total. The van der Waals surface area contributed by atoms with Gasteiger partial charge in [-0.2, -0.15) is 0 Å². The number of para-hydroxylation sites is 1. The molecule has 3 heterocycles. The largest absolute Gasteiger partial charge is 0.379 e. The molecule has 0 N–H and O–H groups in total. The van der Waals surface area contributed by atoms with Gasteiger partial charge >= 0.3 is 0 Å². The summed E-state index contributed by atoms with van der Waals surface area (Å²) in [5, 5.41) is 1.90. The number of aromatic nitrogens is 2. The standard InChI is InChI=1S/C24H26N4O2S/c29-23(28-10-9-18-5-1-2-6-19(18)15-28)17-31-24-20-7-3-4-8-21(20)25-22(26-24)16-27-11-13-30-14-12-27/h1-8H,9-17H2. The molecule has 160 valence electrons. The summed E-state index contributed by atoms with van der Waals surface area (Å²) in [6.45, 7) is 5.48. The third kappa shape index (κ3) is 4.74. The van der Waals surface area contributed by atoms with Gasteiger partial charge in [-0.1, -0.05) is 54.2 Å². The molecule has 31 heavy (non-hydrogen) atoms. The van der Waals surface area contributed by atoms with Crippen LogP contribution in [-0.4, -0.2) is 64.3 Å². The molecule has 2 aliphatic rings. The Balaban J connectivity index is 1.30. The number of morpholine rings is 1. The molecule has 1 amide bonds. The summed E-state index contributed by atoms with van der Waals surface area (Å²) in [5.74, 6) is 1.36. The van der Waals surface area contributed by atoms with Crippen molar-refractivity contribution in [2.75, 3.05) is 38.6 Å². The quantitative estimate of drug-likeness (QED) is 0.454. The van der Waals surface area contributed by atoms with Gasteiger partial charge in [-0.3, -0.25) is 9.69 Å². The fourth-order valence-electron chi connectivity index (χ4n) is 4.16. The number of ether oxygens (including phenoxy) is 1. The minimum Gasteiger partial charge on any atom is -0.379 e. The molecule has 0 saturated carbocycles. The monoisotopic (exact) mass is 434 g/mol. The van der Waals surface area contributed by atoms with Crippen LogP contribution in [0.4, 0.5) is 0 Å². The van der Waals surface area contributed by atoms with Gasteiger partial charge in [-0.15, -0.1) is 0 Å². The number of carbonyl (C=O) groups excluding carboxylic acids is 1. The van der Waals surface area contributed by atoms with Crippen LogP contribution in [0.5, 0.6) is 0 Å².